The van der Waals surface area contributed by atoms with Crippen molar-refractivity contribution in [2.75, 3.05) is 26.2 Å². The Kier molecular flexibility index (Phi) is 4.74. The van der Waals surface area contributed by atoms with Gasteiger partial charge >= 0.3 is 0 Å². The van der Waals surface area contributed by atoms with E-state index < -0.39 is 0 Å². The number of carbonyl (C=O) groups excluding carboxylic acids is 1. The van der Waals surface area contributed by atoms with Crippen molar-refractivity contribution in [3.8, 4) is 0 Å². The van der Waals surface area contributed by atoms with Crippen molar-refractivity contribution in [2.24, 2.45) is 11.8 Å². The summed E-state index contributed by atoms with van der Waals surface area (Å²) in [6.45, 7) is 6.16. The molecule has 0 bridgehead atoms. The van der Waals surface area contributed by atoms with Crippen molar-refractivity contribution < 1.29 is 9.53 Å². The van der Waals surface area contributed by atoms with Crippen molar-refractivity contribution in [2.45, 2.75) is 19.6 Å². The minimum atomic E-state index is -0.177. The van der Waals surface area contributed by atoms with Crippen LogP contribution < -0.4 is 5.32 Å². The van der Waals surface area contributed by atoms with Gasteiger partial charge in [0.15, 0.2) is 0 Å². The van der Waals surface area contributed by atoms with Crippen LogP contribution in [0.3, 0.4) is 0 Å². The van der Waals surface area contributed by atoms with Gasteiger partial charge in [0.1, 0.15) is 5.69 Å². The number of rotatable bonds is 5. The van der Waals surface area contributed by atoms with E-state index in [1.54, 1.807) is 17.5 Å². The fourth-order valence-electron chi connectivity index (χ4n) is 3.66. The molecular formula is C17H21N5O2S. The summed E-state index contributed by atoms with van der Waals surface area (Å²) in [4.78, 5) is 27.0. The van der Waals surface area contributed by atoms with Gasteiger partial charge in [-0.3, -0.25) is 14.7 Å². The summed E-state index contributed by atoms with van der Waals surface area (Å²) in [5, 5.41) is 6.21. The lowest BCUT2D eigenvalue weighted by molar-refractivity contribution is 0.0900. The van der Waals surface area contributed by atoms with E-state index in [0.29, 0.717) is 30.7 Å². The molecule has 2 aromatic rings. The number of nitrogens with zero attached hydrogens (tertiary/aromatic N) is 4. The number of hydrogen-bond acceptors (Lipinski definition) is 7. The summed E-state index contributed by atoms with van der Waals surface area (Å²) in [6, 6.07) is 0. The van der Waals surface area contributed by atoms with Gasteiger partial charge < -0.3 is 10.1 Å². The quantitative estimate of drug-likeness (QED) is 0.862. The Hall–Kier alpha value is -1.90. The maximum absolute atomic E-state index is 12.1. The number of aryl methyl sites for hydroxylation is 1. The van der Waals surface area contributed by atoms with Gasteiger partial charge in [-0.15, -0.1) is 11.3 Å². The number of hydrogen-bond donors (Lipinski definition) is 1. The molecule has 7 nitrogen and oxygen atoms in total. The Labute approximate surface area is 150 Å². The maximum Gasteiger partial charge on any atom is 0.271 e. The van der Waals surface area contributed by atoms with Gasteiger partial charge in [0.2, 0.25) is 0 Å². The van der Waals surface area contributed by atoms with Crippen LogP contribution in [-0.2, 0) is 11.3 Å². The van der Waals surface area contributed by atoms with E-state index in [9.17, 15) is 4.79 Å². The summed E-state index contributed by atoms with van der Waals surface area (Å²) in [5.41, 5.74) is 1.49. The predicted molar refractivity (Wildman–Crippen MR) is 93.2 cm³/mol. The molecule has 132 valence electrons. The van der Waals surface area contributed by atoms with E-state index in [1.807, 2.05) is 6.92 Å². The normalized spacial score (nSPS) is 25.9. The lowest BCUT2D eigenvalue weighted by Gasteiger charge is -2.19. The van der Waals surface area contributed by atoms with Crippen molar-refractivity contribution >= 4 is 17.2 Å². The molecule has 1 N–H and O–H groups in total. The van der Waals surface area contributed by atoms with E-state index in [4.69, 9.17) is 4.74 Å². The summed E-state index contributed by atoms with van der Waals surface area (Å²) >= 11 is 1.69. The third-order valence-corrected chi connectivity index (χ3v) is 5.71. The average Bonchev–Trinajstić information content (AvgIpc) is 3.30. The minimum Gasteiger partial charge on any atom is -0.376 e. The van der Waals surface area contributed by atoms with E-state index in [2.05, 4.69) is 30.5 Å². The van der Waals surface area contributed by atoms with Crippen LogP contribution in [0.4, 0.5) is 0 Å². The molecule has 0 aromatic carbocycles. The molecule has 2 aliphatic heterocycles. The van der Waals surface area contributed by atoms with E-state index in [-0.39, 0.29) is 12.0 Å². The summed E-state index contributed by atoms with van der Waals surface area (Å²) in [7, 11) is 0. The molecule has 0 spiro atoms. The molecule has 4 rings (SSSR count). The Balaban J connectivity index is 1.30. The zero-order valence-corrected chi connectivity index (χ0v) is 14.9. The SMILES string of the molecule is Cc1nc(CN2C[C@H]3[C@@H](CNC(=O)c4cnccn4)CO[C@H]3C2)cs1. The van der Waals surface area contributed by atoms with Gasteiger partial charge in [0.25, 0.3) is 5.91 Å². The molecule has 0 radical (unpaired) electrons. The van der Waals surface area contributed by atoms with E-state index >= 15 is 0 Å². The lowest BCUT2D eigenvalue weighted by Crippen LogP contribution is -2.34. The molecule has 4 heterocycles. The Bertz CT molecular complexity index is 738. The van der Waals surface area contributed by atoms with Crippen LogP contribution in [0.1, 0.15) is 21.2 Å². The Morgan fingerprint density at radius 1 is 1.44 bits per heavy atom. The molecule has 8 heteroatoms. The third kappa shape index (κ3) is 3.70. The third-order valence-electron chi connectivity index (χ3n) is 4.89. The second kappa shape index (κ2) is 7.15. The zero-order valence-electron chi connectivity index (χ0n) is 14.1. The number of amides is 1. The zero-order chi connectivity index (χ0) is 17.2. The number of ether oxygens (including phenoxy) is 1. The van der Waals surface area contributed by atoms with Crippen molar-refractivity contribution in [3.63, 3.8) is 0 Å². The molecule has 0 aliphatic carbocycles. The van der Waals surface area contributed by atoms with Crippen LogP contribution in [-0.4, -0.2) is 58.1 Å². The topological polar surface area (TPSA) is 80.2 Å². The summed E-state index contributed by atoms with van der Waals surface area (Å²) in [6.07, 6.45) is 4.83. The first-order valence-electron chi connectivity index (χ1n) is 8.48. The number of likely N-dealkylation sites (tertiary alicyclic amines) is 1. The van der Waals surface area contributed by atoms with Gasteiger partial charge in [0, 0.05) is 55.8 Å². The number of nitrogens with one attached hydrogen (secondary N) is 1. The first-order valence-corrected chi connectivity index (χ1v) is 9.36. The molecule has 2 aromatic heterocycles. The van der Waals surface area contributed by atoms with E-state index in [0.717, 1.165) is 30.3 Å². The highest BCUT2D eigenvalue weighted by Gasteiger charge is 2.43. The highest BCUT2D eigenvalue weighted by atomic mass is 32.1. The van der Waals surface area contributed by atoms with Crippen LogP contribution in [0, 0.1) is 18.8 Å². The Morgan fingerprint density at radius 3 is 3.12 bits per heavy atom. The smallest absolute Gasteiger partial charge is 0.271 e. The minimum absolute atomic E-state index is 0.177. The fourth-order valence-corrected chi connectivity index (χ4v) is 4.26. The molecule has 0 saturated carbocycles. The van der Waals surface area contributed by atoms with Gasteiger partial charge in [-0.1, -0.05) is 0 Å². The number of carbonyl (C=O) groups is 1. The monoisotopic (exact) mass is 359 g/mol. The van der Waals surface area contributed by atoms with Crippen LogP contribution >= 0.6 is 11.3 Å². The predicted octanol–water partition coefficient (Wildman–Crippen LogP) is 1.12. The van der Waals surface area contributed by atoms with Crippen LogP contribution in [0.2, 0.25) is 0 Å². The van der Waals surface area contributed by atoms with Crippen LogP contribution in [0.15, 0.2) is 24.0 Å². The molecule has 2 saturated heterocycles. The Morgan fingerprint density at radius 2 is 2.36 bits per heavy atom. The summed E-state index contributed by atoms with van der Waals surface area (Å²) in [5.74, 6) is 0.624. The maximum atomic E-state index is 12.1. The second-order valence-electron chi connectivity index (χ2n) is 6.65. The van der Waals surface area contributed by atoms with Crippen molar-refractivity contribution in [3.05, 3.63) is 40.4 Å². The van der Waals surface area contributed by atoms with Gasteiger partial charge in [-0.2, -0.15) is 0 Å². The van der Waals surface area contributed by atoms with Crippen LogP contribution in [0.25, 0.3) is 0 Å². The highest BCUT2D eigenvalue weighted by molar-refractivity contribution is 7.09. The van der Waals surface area contributed by atoms with Crippen LogP contribution in [0.5, 0.6) is 0 Å². The van der Waals surface area contributed by atoms with Crippen molar-refractivity contribution in [1.29, 1.82) is 0 Å². The largest absolute Gasteiger partial charge is 0.376 e. The number of fused-ring (bicyclic) bond motifs is 1. The van der Waals surface area contributed by atoms with Crippen molar-refractivity contribution in [1.82, 2.24) is 25.2 Å². The molecular weight excluding hydrogens is 338 g/mol. The van der Waals surface area contributed by atoms with Gasteiger partial charge in [-0.05, 0) is 6.92 Å². The molecule has 3 atom stereocenters. The molecule has 1 amide bonds. The number of aromatic nitrogens is 3. The average molecular weight is 359 g/mol. The molecule has 25 heavy (non-hydrogen) atoms. The van der Waals surface area contributed by atoms with Gasteiger partial charge in [-0.25, -0.2) is 9.97 Å². The first kappa shape index (κ1) is 16.6. The van der Waals surface area contributed by atoms with E-state index in [1.165, 1.54) is 12.4 Å². The number of thiazole rings is 1. The molecule has 2 aliphatic rings. The van der Waals surface area contributed by atoms with Gasteiger partial charge in [0.05, 0.1) is 29.6 Å². The lowest BCUT2D eigenvalue weighted by atomic mass is 9.93. The standard InChI is InChI=1S/C17H21N5O2S/c1-11-21-13(10-25-11)6-22-7-14-12(9-24-16(14)8-22)4-20-17(23)15-5-18-2-3-19-15/h2-3,5,10,12,14,16H,4,6-9H2,1H3,(H,20,23)/t12-,14-,16-/m0/s1. The molecule has 0 unspecified atom stereocenters. The summed E-state index contributed by atoms with van der Waals surface area (Å²) < 4.78 is 5.96. The first-order chi connectivity index (χ1) is 12.2. The highest BCUT2D eigenvalue weighted by Crippen LogP contribution is 2.34. The second-order valence-corrected chi connectivity index (χ2v) is 7.71. The fraction of sp³-hybridized carbons (Fsp3) is 0.529. The molecule has 2 fully saturated rings.